The number of hydrogen-bond acceptors (Lipinski definition) is 2. The van der Waals surface area contributed by atoms with Crippen LogP contribution in [0.15, 0.2) is 60.7 Å². The molecule has 20 heavy (non-hydrogen) atoms. The minimum atomic E-state index is 0. The Morgan fingerprint density at radius 1 is 0.600 bits per heavy atom. The number of nitrogens with one attached hydrogen (secondary N) is 2. The molecule has 1 aliphatic rings. The molecule has 2 N–H and O–H groups in total. The molecule has 3 aromatic rings. The first-order valence-electron chi connectivity index (χ1n) is 7.06. The first-order valence-corrected chi connectivity index (χ1v) is 7.06. The van der Waals surface area contributed by atoms with Gasteiger partial charge in [-0.15, -0.1) is 0 Å². The Morgan fingerprint density at radius 3 is 1.45 bits per heavy atom. The third-order valence-corrected chi connectivity index (χ3v) is 3.35. The first-order chi connectivity index (χ1) is 9.90. The maximum atomic E-state index is 3.47. The second kappa shape index (κ2) is 5.25. The fraction of sp³-hybridized carbons (Fsp3) is 0.111. The van der Waals surface area contributed by atoms with Gasteiger partial charge in [0.25, 0.3) is 0 Å². The fourth-order valence-corrected chi connectivity index (χ4v) is 2.44. The van der Waals surface area contributed by atoms with Crippen molar-refractivity contribution in [2.45, 2.75) is 13.8 Å². The smallest absolute Gasteiger partial charge is 0.0630 e. The molecule has 2 heteroatoms. The average molecular weight is 266 g/mol. The molecule has 1 heterocycles. The molecule has 0 saturated heterocycles. The number of rotatable bonds is 0. The topological polar surface area (TPSA) is 24.1 Å². The van der Waals surface area contributed by atoms with Crippen molar-refractivity contribution in [3.8, 4) is 0 Å². The molecule has 0 unspecified atom stereocenters. The minimum Gasteiger partial charge on any atom is -0.352 e. The van der Waals surface area contributed by atoms with E-state index in [0.717, 1.165) is 22.7 Å². The van der Waals surface area contributed by atoms with Gasteiger partial charge in [-0.2, -0.15) is 0 Å². The highest BCUT2D eigenvalue weighted by atomic mass is 15.0. The quantitative estimate of drug-likeness (QED) is 0.398. The van der Waals surface area contributed by atoms with Crippen LogP contribution in [0.5, 0.6) is 0 Å². The van der Waals surface area contributed by atoms with Gasteiger partial charge in [0.1, 0.15) is 0 Å². The van der Waals surface area contributed by atoms with E-state index in [1.54, 1.807) is 0 Å². The van der Waals surface area contributed by atoms with Crippen LogP contribution in [0, 0.1) is 0 Å². The largest absolute Gasteiger partial charge is 0.352 e. The van der Waals surface area contributed by atoms with Crippen LogP contribution < -0.4 is 10.6 Å². The molecule has 0 spiro atoms. The number of anilines is 4. The van der Waals surface area contributed by atoms with Crippen molar-refractivity contribution >= 4 is 33.5 Å². The van der Waals surface area contributed by atoms with E-state index in [1.165, 1.54) is 10.8 Å². The predicted molar refractivity (Wildman–Crippen MR) is 92.5 cm³/mol. The maximum absolute atomic E-state index is 3.47. The number of fused-ring (bicyclic) bond motifs is 3. The number of benzene rings is 3. The third kappa shape index (κ3) is 2.10. The summed E-state index contributed by atoms with van der Waals surface area (Å²) in [5, 5.41) is 9.45. The highest BCUT2D eigenvalue weighted by molar-refractivity contribution is 5.98. The molecule has 0 saturated carbocycles. The Balaban J connectivity index is 0.000000583. The summed E-state index contributed by atoms with van der Waals surface area (Å²) in [6.45, 7) is 4.00. The second-order valence-corrected chi connectivity index (χ2v) is 4.54. The van der Waals surface area contributed by atoms with E-state index in [0.29, 0.717) is 0 Å². The van der Waals surface area contributed by atoms with Crippen molar-refractivity contribution in [1.29, 1.82) is 0 Å². The van der Waals surface area contributed by atoms with Gasteiger partial charge in [-0.25, -0.2) is 0 Å². The Hall–Kier alpha value is -2.48. The molecule has 4 rings (SSSR count). The lowest BCUT2D eigenvalue weighted by molar-refractivity contribution is 1.46. The third-order valence-electron chi connectivity index (χ3n) is 3.35. The van der Waals surface area contributed by atoms with Crippen molar-refractivity contribution in [3.63, 3.8) is 0 Å². The van der Waals surface area contributed by atoms with E-state index in [1.807, 2.05) is 26.0 Å². The van der Waals surface area contributed by atoms with Crippen molar-refractivity contribution in [2.75, 3.05) is 10.6 Å². The van der Waals surface area contributed by atoms with E-state index < -0.39 is 0 Å². The van der Waals surface area contributed by atoms with Crippen molar-refractivity contribution in [1.82, 2.24) is 0 Å². The van der Waals surface area contributed by atoms with Gasteiger partial charge in [0.05, 0.1) is 22.7 Å². The monoisotopic (exact) mass is 266 g/mol. The number of hydrogen-bond donors (Lipinski definition) is 2. The Morgan fingerprint density at radius 2 is 1.00 bits per heavy atom. The summed E-state index contributed by atoms with van der Waals surface area (Å²) in [7, 11) is 0. The van der Waals surface area contributed by atoms with Gasteiger partial charge in [-0.3, -0.25) is 0 Å². The zero-order valence-corrected chi connectivity index (χ0v) is 11.8. The summed E-state index contributed by atoms with van der Waals surface area (Å²) < 4.78 is 0. The summed E-state index contributed by atoms with van der Waals surface area (Å²) in [6.07, 6.45) is 0. The molecule has 0 radical (unpaired) electrons. The maximum Gasteiger partial charge on any atom is 0.0630 e. The molecular weight excluding hydrogens is 244 g/mol. The van der Waals surface area contributed by atoms with E-state index in [4.69, 9.17) is 0 Å². The Kier molecular flexibility index (Phi) is 3.30. The van der Waals surface area contributed by atoms with Crippen LogP contribution in [0.1, 0.15) is 16.7 Å². The highest BCUT2D eigenvalue weighted by Gasteiger charge is 2.13. The summed E-state index contributed by atoms with van der Waals surface area (Å²) >= 11 is 0. The molecule has 104 valence electrons. The van der Waals surface area contributed by atoms with Crippen LogP contribution in [0.3, 0.4) is 0 Å². The number of para-hydroxylation sites is 2. The zero-order chi connectivity index (χ0) is 13.9. The normalized spacial score (nSPS) is 11.3. The Labute approximate surface area is 122 Å². The van der Waals surface area contributed by atoms with Crippen LogP contribution >= 0.6 is 0 Å². The lowest BCUT2D eigenvalue weighted by Crippen LogP contribution is -2.05. The van der Waals surface area contributed by atoms with Gasteiger partial charge in [0, 0.05) is 2.85 Å². The molecule has 1 aliphatic heterocycles. The summed E-state index contributed by atoms with van der Waals surface area (Å²) in [6, 6.07) is 21.0. The Bertz CT molecular complexity index is 693. The van der Waals surface area contributed by atoms with E-state index in [9.17, 15) is 0 Å². The van der Waals surface area contributed by atoms with Crippen LogP contribution in [0.2, 0.25) is 0 Å². The van der Waals surface area contributed by atoms with E-state index >= 15 is 0 Å². The lowest BCUT2D eigenvalue weighted by Gasteiger charge is -2.23. The molecule has 0 bridgehead atoms. The SMILES string of the molecule is CC.[HH].[HH].c1ccc2c(c1)Nc1cc3ccccc3cc1N2. The summed E-state index contributed by atoms with van der Waals surface area (Å²) in [5.74, 6) is 0. The van der Waals surface area contributed by atoms with Gasteiger partial charge in [-0.05, 0) is 35.0 Å². The molecule has 2 nitrogen and oxygen atoms in total. The molecule has 3 aromatic carbocycles. The average Bonchev–Trinajstić information content (AvgIpc) is 2.52. The first kappa shape index (κ1) is 12.5. The van der Waals surface area contributed by atoms with Crippen LogP contribution in [-0.4, -0.2) is 0 Å². The van der Waals surface area contributed by atoms with Gasteiger partial charge in [0.15, 0.2) is 0 Å². The van der Waals surface area contributed by atoms with Gasteiger partial charge in [0.2, 0.25) is 0 Å². The van der Waals surface area contributed by atoms with Crippen LogP contribution in [0.4, 0.5) is 22.7 Å². The molecule has 0 atom stereocenters. The van der Waals surface area contributed by atoms with Gasteiger partial charge in [-0.1, -0.05) is 50.2 Å². The van der Waals surface area contributed by atoms with Crippen molar-refractivity contribution in [3.05, 3.63) is 60.7 Å². The molecule has 0 aliphatic carbocycles. The van der Waals surface area contributed by atoms with E-state index in [-0.39, 0.29) is 2.85 Å². The summed E-state index contributed by atoms with van der Waals surface area (Å²) in [4.78, 5) is 0. The summed E-state index contributed by atoms with van der Waals surface area (Å²) in [5.41, 5.74) is 4.51. The van der Waals surface area contributed by atoms with Gasteiger partial charge < -0.3 is 10.6 Å². The molecule has 0 amide bonds. The zero-order valence-electron chi connectivity index (χ0n) is 11.8. The highest BCUT2D eigenvalue weighted by Crippen LogP contribution is 2.40. The van der Waals surface area contributed by atoms with Gasteiger partial charge >= 0.3 is 0 Å². The van der Waals surface area contributed by atoms with E-state index in [2.05, 4.69) is 59.2 Å². The fourth-order valence-electron chi connectivity index (χ4n) is 2.44. The molecular formula is C18H22N2. The van der Waals surface area contributed by atoms with Crippen molar-refractivity contribution in [2.24, 2.45) is 0 Å². The van der Waals surface area contributed by atoms with Crippen molar-refractivity contribution < 1.29 is 2.85 Å². The van der Waals surface area contributed by atoms with Crippen LogP contribution in [-0.2, 0) is 0 Å². The minimum absolute atomic E-state index is 0. The standard InChI is InChI=1S/C16H12N2.C2H6.2H2/c1-2-6-12-10-16-15(9-11(12)5-1)17-13-7-3-4-8-14(13)18-16;1-2;;/h1-10,17-18H;1-2H3;2*1H. The second-order valence-electron chi connectivity index (χ2n) is 4.54. The lowest BCUT2D eigenvalue weighted by atomic mass is 10.1. The predicted octanol–water partition coefficient (Wildman–Crippen LogP) is 6.16. The van der Waals surface area contributed by atoms with Crippen LogP contribution in [0.25, 0.3) is 10.8 Å². The molecule has 0 aromatic heterocycles. The molecule has 0 fully saturated rings.